The lowest BCUT2D eigenvalue weighted by Gasteiger charge is -2.32. The Kier molecular flexibility index (Phi) is 7.19. The van der Waals surface area contributed by atoms with Gasteiger partial charge in [-0.1, -0.05) is 6.92 Å². The fourth-order valence-corrected chi connectivity index (χ4v) is 3.97. The Balaban J connectivity index is 1.82. The van der Waals surface area contributed by atoms with E-state index in [0.29, 0.717) is 19.3 Å². The average Bonchev–Trinajstić information content (AvgIpc) is 3.17. The van der Waals surface area contributed by atoms with E-state index >= 15 is 0 Å². The second-order valence-corrected chi connectivity index (χ2v) is 8.05. The molecule has 0 aromatic heterocycles. The van der Waals surface area contributed by atoms with E-state index < -0.39 is 41.1 Å². The summed E-state index contributed by atoms with van der Waals surface area (Å²) < 4.78 is 41.8. The molecule has 0 amide bonds. The number of hydrogen-bond donors (Lipinski definition) is 0. The third-order valence-electron chi connectivity index (χ3n) is 5.42. The van der Waals surface area contributed by atoms with Crippen molar-refractivity contribution in [1.29, 1.82) is 5.26 Å². The molecule has 0 heterocycles. The number of nitrogens with zero attached hydrogens (tertiary/aromatic N) is 1. The van der Waals surface area contributed by atoms with Crippen molar-refractivity contribution in [1.82, 2.24) is 0 Å². The Morgan fingerprint density at radius 1 is 1.22 bits per heavy atom. The summed E-state index contributed by atoms with van der Waals surface area (Å²) in [5.41, 5.74) is -0.617. The molecule has 2 aliphatic rings. The van der Waals surface area contributed by atoms with Crippen LogP contribution in [0.1, 0.15) is 40.0 Å². The fraction of sp³-hybridized carbons (Fsp3) is 0.824. The number of fused-ring (bicyclic) bond motifs is 2. The molecule has 0 spiro atoms. The molecule has 2 fully saturated rings. The van der Waals surface area contributed by atoms with Crippen LogP contribution in [0.3, 0.4) is 0 Å². The largest absolute Gasteiger partial charge is 0.750 e. The highest BCUT2D eigenvalue weighted by Crippen LogP contribution is 2.51. The number of nitriles is 1. The van der Waals surface area contributed by atoms with Gasteiger partial charge in [0.15, 0.2) is 0 Å². The number of carbonyl (C=O) groups excluding carboxylic acids is 2. The Morgan fingerprint density at radius 3 is 2.48 bits per heavy atom. The molecule has 0 saturated heterocycles. The van der Waals surface area contributed by atoms with E-state index in [4.69, 9.17) is 18.4 Å². The molecule has 6 atom stereocenters. The van der Waals surface area contributed by atoms with E-state index in [2.05, 4.69) is 6.07 Å². The first kappa shape index (κ1) is 21.6. The SMILES string of the molecule is CCC(C)(C)C(=O)OCCOC(=O)OC1C2CC(CC2C#N)C1OS(=O)[O-]. The lowest BCUT2D eigenvalue weighted by atomic mass is 9.86. The molecule has 2 bridgehead atoms. The van der Waals surface area contributed by atoms with Gasteiger partial charge in [-0.25, -0.2) is 9.00 Å². The van der Waals surface area contributed by atoms with Crippen LogP contribution in [0.15, 0.2) is 0 Å². The minimum atomic E-state index is -2.75. The molecule has 2 rings (SSSR count). The van der Waals surface area contributed by atoms with Crippen molar-refractivity contribution in [3.8, 4) is 6.07 Å². The summed E-state index contributed by atoms with van der Waals surface area (Å²) in [6.07, 6.45) is -1.00. The maximum absolute atomic E-state index is 11.9. The highest BCUT2D eigenvalue weighted by Gasteiger charge is 2.56. The van der Waals surface area contributed by atoms with Crippen LogP contribution in [0, 0.1) is 34.5 Å². The number of ether oxygens (including phenoxy) is 3. The molecule has 6 unspecified atom stereocenters. The number of carbonyl (C=O) groups is 2. The molecule has 0 N–H and O–H groups in total. The number of rotatable bonds is 8. The van der Waals surface area contributed by atoms with Gasteiger partial charge < -0.3 is 18.8 Å². The van der Waals surface area contributed by atoms with Crippen LogP contribution in [0.4, 0.5) is 4.79 Å². The molecule has 152 valence electrons. The second kappa shape index (κ2) is 8.99. The van der Waals surface area contributed by atoms with Crippen molar-refractivity contribution < 1.29 is 36.7 Å². The van der Waals surface area contributed by atoms with Crippen LogP contribution in [0.25, 0.3) is 0 Å². The maximum atomic E-state index is 11.9. The normalized spacial score (nSPS) is 30.4. The quantitative estimate of drug-likeness (QED) is 0.338. The van der Waals surface area contributed by atoms with E-state index in [1.54, 1.807) is 13.8 Å². The van der Waals surface area contributed by atoms with Crippen molar-refractivity contribution >= 4 is 23.5 Å². The first-order valence-corrected chi connectivity index (χ1v) is 9.86. The van der Waals surface area contributed by atoms with Crippen molar-refractivity contribution in [3.63, 3.8) is 0 Å². The fourth-order valence-electron chi connectivity index (χ4n) is 3.53. The van der Waals surface area contributed by atoms with E-state index in [9.17, 15) is 23.6 Å². The highest BCUT2D eigenvalue weighted by atomic mass is 32.2. The molecule has 0 aromatic carbocycles. The molecule has 9 nitrogen and oxygen atoms in total. The molecule has 2 aliphatic carbocycles. The van der Waals surface area contributed by atoms with Crippen LogP contribution >= 0.6 is 0 Å². The van der Waals surface area contributed by atoms with E-state index in [0.717, 1.165) is 0 Å². The first-order chi connectivity index (χ1) is 12.7. The Bertz CT molecular complexity index is 631. The van der Waals surface area contributed by atoms with Gasteiger partial charge in [-0.3, -0.25) is 8.98 Å². The smallest absolute Gasteiger partial charge is 0.508 e. The molecule has 0 aliphatic heterocycles. The van der Waals surface area contributed by atoms with Crippen LogP contribution in [0.2, 0.25) is 0 Å². The Hall–Kier alpha value is -1.70. The topological polar surface area (TPSA) is 135 Å². The van der Waals surface area contributed by atoms with Gasteiger partial charge in [-0.15, -0.1) is 0 Å². The Morgan fingerprint density at radius 2 is 1.89 bits per heavy atom. The van der Waals surface area contributed by atoms with Gasteiger partial charge in [-0.05, 0) is 39.0 Å². The number of esters is 1. The van der Waals surface area contributed by atoms with E-state index in [1.165, 1.54) is 0 Å². The predicted octanol–water partition coefficient (Wildman–Crippen LogP) is 1.85. The minimum Gasteiger partial charge on any atom is -0.750 e. The molecular formula is C17H24NO8S-. The third-order valence-corrected chi connectivity index (χ3v) is 5.80. The van der Waals surface area contributed by atoms with Gasteiger partial charge in [0.05, 0.1) is 28.8 Å². The highest BCUT2D eigenvalue weighted by molar-refractivity contribution is 7.74. The summed E-state index contributed by atoms with van der Waals surface area (Å²) in [4.78, 5) is 23.7. The van der Waals surface area contributed by atoms with Gasteiger partial charge >= 0.3 is 12.1 Å². The van der Waals surface area contributed by atoms with Crippen molar-refractivity contribution in [3.05, 3.63) is 0 Å². The van der Waals surface area contributed by atoms with Crippen LogP contribution in [-0.4, -0.2) is 46.3 Å². The molecule has 0 radical (unpaired) electrons. The lowest BCUT2D eigenvalue weighted by molar-refractivity contribution is -0.155. The van der Waals surface area contributed by atoms with Crippen molar-refractivity contribution in [2.24, 2.45) is 23.2 Å². The van der Waals surface area contributed by atoms with Crippen molar-refractivity contribution in [2.75, 3.05) is 13.2 Å². The first-order valence-electron chi connectivity index (χ1n) is 8.86. The summed E-state index contributed by atoms with van der Waals surface area (Å²) in [7, 11) is 0. The summed E-state index contributed by atoms with van der Waals surface area (Å²) in [5, 5.41) is 9.19. The minimum absolute atomic E-state index is 0.112. The van der Waals surface area contributed by atoms with Gasteiger partial charge in [0.1, 0.15) is 25.4 Å². The van der Waals surface area contributed by atoms with Gasteiger partial charge in [0, 0.05) is 5.92 Å². The summed E-state index contributed by atoms with van der Waals surface area (Å²) >= 11 is -2.75. The zero-order valence-corrected chi connectivity index (χ0v) is 16.4. The lowest BCUT2D eigenvalue weighted by Crippen LogP contribution is -2.42. The Labute approximate surface area is 160 Å². The van der Waals surface area contributed by atoms with Gasteiger partial charge in [0.2, 0.25) is 0 Å². The summed E-state index contributed by atoms with van der Waals surface area (Å²) in [6.45, 7) is 5.08. The summed E-state index contributed by atoms with van der Waals surface area (Å²) in [6, 6.07) is 2.16. The molecule has 10 heteroatoms. The molecular weight excluding hydrogens is 378 g/mol. The predicted molar refractivity (Wildman–Crippen MR) is 90.4 cm³/mol. The van der Waals surface area contributed by atoms with Gasteiger partial charge in [-0.2, -0.15) is 5.26 Å². The van der Waals surface area contributed by atoms with E-state index in [1.807, 2.05) is 6.92 Å². The molecule has 27 heavy (non-hydrogen) atoms. The van der Waals surface area contributed by atoms with Crippen LogP contribution in [0.5, 0.6) is 0 Å². The molecule has 2 saturated carbocycles. The summed E-state index contributed by atoms with van der Waals surface area (Å²) in [5.74, 6) is -1.15. The van der Waals surface area contributed by atoms with E-state index in [-0.39, 0.29) is 31.0 Å². The monoisotopic (exact) mass is 402 g/mol. The average molecular weight is 402 g/mol. The van der Waals surface area contributed by atoms with Crippen LogP contribution < -0.4 is 0 Å². The zero-order valence-electron chi connectivity index (χ0n) is 15.5. The van der Waals surface area contributed by atoms with Crippen molar-refractivity contribution in [2.45, 2.75) is 52.2 Å². The number of hydrogen-bond acceptors (Lipinski definition) is 9. The maximum Gasteiger partial charge on any atom is 0.508 e. The van der Waals surface area contributed by atoms with Gasteiger partial charge in [0.25, 0.3) is 0 Å². The zero-order chi connectivity index (χ0) is 20.2. The standard InChI is InChI=1S/C17H25NO8S/c1-4-17(2,3)15(19)23-5-6-24-16(20)25-14-12-8-10(7-11(12)9-18)13(14)26-27(21)22/h10-14H,4-8H2,1-3H3,(H,21,22)/p-1. The third kappa shape index (κ3) is 5.18. The second-order valence-electron chi connectivity index (χ2n) is 7.45. The van der Waals surface area contributed by atoms with Crippen LogP contribution in [-0.2, 0) is 34.5 Å². The molecule has 0 aromatic rings.